The molecule has 0 amide bonds. The number of nitrogens with zero attached hydrogens (tertiary/aromatic N) is 1. The molecule has 1 aromatic heterocycles. The van der Waals surface area contributed by atoms with Gasteiger partial charge in [0.2, 0.25) is 0 Å². The Hall–Kier alpha value is -1.54. The molecular formula is C23H25BrF3NO3. The quantitative estimate of drug-likeness (QED) is 0.380. The monoisotopic (exact) mass is 499 g/mol. The van der Waals surface area contributed by atoms with E-state index in [2.05, 4.69) is 25.8 Å². The van der Waals surface area contributed by atoms with E-state index in [0.29, 0.717) is 17.7 Å². The summed E-state index contributed by atoms with van der Waals surface area (Å²) in [4.78, 5) is 0. The zero-order valence-electron chi connectivity index (χ0n) is 17.1. The first-order valence-electron chi connectivity index (χ1n) is 10.9. The Kier molecular flexibility index (Phi) is 5.36. The van der Waals surface area contributed by atoms with Gasteiger partial charge in [0.1, 0.15) is 17.2 Å². The van der Waals surface area contributed by atoms with Crippen LogP contribution in [0.3, 0.4) is 0 Å². The fourth-order valence-corrected chi connectivity index (χ4v) is 5.93. The van der Waals surface area contributed by atoms with Crippen molar-refractivity contribution in [2.45, 2.75) is 75.9 Å². The summed E-state index contributed by atoms with van der Waals surface area (Å²) in [5.41, 5.74) is 1.68. The van der Waals surface area contributed by atoms with Gasteiger partial charge in [-0.2, -0.15) is 0 Å². The molecule has 0 N–H and O–H groups in total. The van der Waals surface area contributed by atoms with Crippen LogP contribution in [0.25, 0.3) is 11.3 Å². The minimum Gasteiger partial charge on any atom is -0.405 e. The minimum atomic E-state index is -4.78. The Morgan fingerprint density at radius 1 is 1.06 bits per heavy atom. The summed E-state index contributed by atoms with van der Waals surface area (Å²) >= 11 is 3.68. The topological polar surface area (TPSA) is 44.5 Å². The lowest BCUT2D eigenvalue weighted by Crippen LogP contribution is -2.48. The van der Waals surface area contributed by atoms with Crippen LogP contribution in [0.1, 0.15) is 68.6 Å². The molecule has 0 saturated heterocycles. The van der Waals surface area contributed by atoms with Gasteiger partial charge in [-0.05, 0) is 68.9 Å². The van der Waals surface area contributed by atoms with Crippen molar-refractivity contribution in [3.8, 4) is 17.0 Å². The van der Waals surface area contributed by atoms with Gasteiger partial charge < -0.3 is 14.0 Å². The summed E-state index contributed by atoms with van der Waals surface area (Å²) in [6.45, 7) is 0.298. The molecule has 1 aromatic carbocycles. The standard InChI is InChI=1S/C23H25BrF3NO3/c24-14-21-7-10-22(11-8-21,12-9-21)29-13-17-19(28-31-20(17)15-5-6-15)16-3-1-2-4-18(16)30-23(25,26)27/h1-4,15H,5-14H2. The van der Waals surface area contributed by atoms with Gasteiger partial charge in [0, 0.05) is 22.4 Å². The number of ether oxygens (including phenoxy) is 2. The zero-order chi connectivity index (χ0) is 21.7. The Morgan fingerprint density at radius 3 is 2.35 bits per heavy atom. The third kappa shape index (κ3) is 4.25. The Bertz CT molecular complexity index is 929. The van der Waals surface area contributed by atoms with Gasteiger partial charge in [-0.25, -0.2) is 0 Å². The summed E-state index contributed by atoms with van der Waals surface area (Å²) in [6, 6.07) is 6.08. The van der Waals surface area contributed by atoms with E-state index >= 15 is 0 Å². The van der Waals surface area contributed by atoms with Crippen molar-refractivity contribution in [1.29, 1.82) is 0 Å². The summed E-state index contributed by atoms with van der Waals surface area (Å²) in [5.74, 6) is 0.740. The normalized spacial score (nSPS) is 28.1. The SMILES string of the molecule is FC(F)(F)Oc1ccccc1-c1noc(C2CC2)c1COC12CCC(CBr)(CC1)CC2. The van der Waals surface area contributed by atoms with E-state index in [1.54, 1.807) is 12.1 Å². The van der Waals surface area contributed by atoms with Crippen LogP contribution >= 0.6 is 15.9 Å². The molecule has 168 valence electrons. The highest BCUT2D eigenvalue weighted by molar-refractivity contribution is 9.09. The van der Waals surface area contributed by atoms with Crippen LogP contribution in [0.2, 0.25) is 0 Å². The van der Waals surface area contributed by atoms with Crippen molar-refractivity contribution in [1.82, 2.24) is 5.16 Å². The number of fused-ring (bicyclic) bond motifs is 3. The number of benzene rings is 1. The van der Waals surface area contributed by atoms with Gasteiger partial charge in [0.25, 0.3) is 0 Å². The largest absolute Gasteiger partial charge is 0.573 e. The van der Waals surface area contributed by atoms with E-state index in [1.165, 1.54) is 12.1 Å². The van der Waals surface area contributed by atoms with Crippen molar-refractivity contribution in [2.75, 3.05) is 5.33 Å². The number of halogens is 4. The number of alkyl halides is 4. The summed E-state index contributed by atoms with van der Waals surface area (Å²) in [7, 11) is 0. The van der Waals surface area contributed by atoms with Crippen molar-refractivity contribution >= 4 is 15.9 Å². The van der Waals surface area contributed by atoms with E-state index in [4.69, 9.17) is 9.26 Å². The molecule has 2 bridgehead atoms. The van der Waals surface area contributed by atoms with Crippen LogP contribution in [-0.2, 0) is 11.3 Å². The maximum absolute atomic E-state index is 12.9. The highest BCUT2D eigenvalue weighted by atomic mass is 79.9. The second-order valence-electron chi connectivity index (χ2n) is 9.30. The third-order valence-electron chi connectivity index (χ3n) is 7.27. The van der Waals surface area contributed by atoms with Gasteiger partial charge in [0.15, 0.2) is 0 Å². The van der Waals surface area contributed by atoms with Crippen LogP contribution in [0, 0.1) is 5.41 Å². The minimum absolute atomic E-state index is 0.152. The molecule has 0 aliphatic heterocycles. The lowest BCUT2D eigenvalue weighted by molar-refractivity contribution is -0.274. The van der Waals surface area contributed by atoms with E-state index in [1.807, 2.05) is 0 Å². The van der Waals surface area contributed by atoms with Gasteiger partial charge >= 0.3 is 6.36 Å². The lowest BCUT2D eigenvalue weighted by Gasteiger charge is -2.52. The maximum Gasteiger partial charge on any atom is 0.573 e. The van der Waals surface area contributed by atoms with Gasteiger partial charge in [-0.1, -0.05) is 33.2 Å². The van der Waals surface area contributed by atoms with E-state index in [9.17, 15) is 13.2 Å². The molecule has 0 radical (unpaired) electrons. The predicted octanol–water partition coefficient (Wildman–Crippen LogP) is 7.12. The van der Waals surface area contributed by atoms with Gasteiger partial charge in [0.05, 0.1) is 12.2 Å². The second kappa shape index (κ2) is 7.80. The summed E-state index contributed by atoms with van der Waals surface area (Å²) < 4.78 is 55.3. The molecule has 31 heavy (non-hydrogen) atoms. The summed E-state index contributed by atoms with van der Waals surface area (Å²) in [5, 5.41) is 5.21. The molecular weight excluding hydrogens is 475 g/mol. The Morgan fingerprint density at radius 2 is 1.74 bits per heavy atom. The molecule has 2 aromatic rings. The Balaban J connectivity index is 1.42. The predicted molar refractivity (Wildman–Crippen MR) is 112 cm³/mol. The average Bonchev–Trinajstić information content (AvgIpc) is 3.52. The molecule has 4 aliphatic carbocycles. The van der Waals surface area contributed by atoms with Crippen molar-refractivity contribution in [3.05, 3.63) is 35.6 Å². The van der Waals surface area contributed by atoms with Crippen LogP contribution < -0.4 is 4.74 Å². The number of rotatable bonds is 7. The van der Waals surface area contributed by atoms with E-state index in [-0.39, 0.29) is 22.8 Å². The fraction of sp³-hybridized carbons (Fsp3) is 0.609. The molecule has 0 unspecified atom stereocenters. The molecule has 8 heteroatoms. The zero-order valence-corrected chi connectivity index (χ0v) is 18.7. The molecule has 4 saturated carbocycles. The number of para-hydroxylation sites is 1. The lowest BCUT2D eigenvalue weighted by atomic mass is 9.59. The van der Waals surface area contributed by atoms with Crippen molar-refractivity contribution < 1.29 is 27.2 Å². The molecule has 4 aliphatic rings. The first kappa shape index (κ1) is 21.3. The maximum atomic E-state index is 12.9. The van der Waals surface area contributed by atoms with Crippen LogP contribution in [0.5, 0.6) is 5.75 Å². The smallest absolute Gasteiger partial charge is 0.405 e. The van der Waals surface area contributed by atoms with Crippen LogP contribution in [0.15, 0.2) is 28.8 Å². The first-order chi connectivity index (χ1) is 14.8. The highest BCUT2D eigenvalue weighted by Gasteiger charge is 2.49. The summed E-state index contributed by atoms with van der Waals surface area (Å²) in [6.07, 6.45) is 3.72. The second-order valence-corrected chi connectivity index (χ2v) is 9.86. The first-order valence-corrected chi connectivity index (χ1v) is 12.0. The third-order valence-corrected chi connectivity index (χ3v) is 8.46. The molecule has 1 heterocycles. The molecule has 6 rings (SSSR count). The van der Waals surface area contributed by atoms with Crippen molar-refractivity contribution in [2.24, 2.45) is 5.41 Å². The number of aromatic nitrogens is 1. The van der Waals surface area contributed by atoms with E-state index in [0.717, 1.165) is 68.0 Å². The average molecular weight is 500 g/mol. The van der Waals surface area contributed by atoms with Gasteiger partial charge in [-0.3, -0.25) is 0 Å². The van der Waals surface area contributed by atoms with Crippen LogP contribution in [0.4, 0.5) is 13.2 Å². The molecule has 0 atom stereocenters. The number of hydrogen-bond donors (Lipinski definition) is 0. The van der Waals surface area contributed by atoms with Gasteiger partial charge in [-0.15, -0.1) is 13.2 Å². The molecule has 0 spiro atoms. The fourth-order valence-electron chi connectivity index (χ4n) is 5.09. The van der Waals surface area contributed by atoms with Crippen molar-refractivity contribution in [3.63, 3.8) is 0 Å². The Labute approximate surface area is 187 Å². The molecule has 4 fully saturated rings. The molecule has 4 nitrogen and oxygen atoms in total. The van der Waals surface area contributed by atoms with E-state index < -0.39 is 6.36 Å². The highest BCUT2D eigenvalue weighted by Crippen LogP contribution is 2.55. The van der Waals surface area contributed by atoms with Crippen LogP contribution in [-0.4, -0.2) is 22.5 Å². The number of hydrogen-bond acceptors (Lipinski definition) is 4.